The van der Waals surface area contributed by atoms with Gasteiger partial charge in [0.25, 0.3) is 0 Å². The Hall–Kier alpha value is -1.91. The lowest BCUT2D eigenvalue weighted by Crippen LogP contribution is -2.14. The molecule has 5 nitrogen and oxygen atoms in total. The SMILES string of the molecule is COC(=O)CC(C)COc1cc(N)ccc1OC. The van der Waals surface area contributed by atoms with Gasteiger partial charge in [-0.3, -0.25) is 4.79 Å². The molecule has 0 saturated heterocycles. The zero-order chi connectivity index (χ0) is 13.5. The third-order valence-corrected chi connectivity index (χ3v) is 2.45. The normalized spacial score (nSPS) is 11.7. The van der Waals surface area contributed by atoms with Crippen LogP contribution in [0, 0.1) is 5.92 Å². The van der Waals surface area contributed by atoms with Crippen LogP contribution in [0.4, 0.5) is 5.69 Å². The van der Waals surface area contributed by atoms with E-state index in [2.05, 4.69) is 4.74 Å². The highest BCUT2D eigenvalue weighted by Crippen LogP contribution is 2.29. The van der Waals surface area contributed by atoms with Crippen LogP contribution in [0.2, 0.25) is 0 Å². The van der Waals surface area contributed by atoms with E-state index in [1.165, 1.54) is 7.11 Å². The van der Waals surface area contributed by atoms with Gasteiger partial charge in [-0.1, -0.05) is 6.92 Å². The van der Waals surface area contributed by atoms with Crippen LogP contribution >= 0.6 is 0 Å². The maximum Gasteiger partial charge on any atom is 0.305 e. The van der Waals surface area contributed by atoms with Crippen molar-refractivity contribution in [3.8, 4) is 11.5 Å². The fourth-order valence-corrected chi connectivity index (χ4v) is 1.46. The number of hydrogen-bond donors (Lipinski definition) is 1. The second-order valence-corrected chi connectivity index (χ2v) is 4.11. The van der Waals surface area contributed by atoms with E-state index >= 15 is 0 Å². The summed E-state index contributed by atoms with van der Waals surface area (Å²) in [5.41, 5.74) is 6.28. The van der Waals surface area contributed by atoms with E-state index in [9.17, 15) is 4.79 Å². The molecule has 0 heterocycles. The predicted octanol–water partition coefficient (Wildman–Crippen LogP) is 1.86. The van der Waals surface area contributed by atoms with Crippen LogP contribution < -0.4 is 15.2 Å². The van der Waals surface area contributed by atoms with Crippen molar-refractivity contribution in [3.05, 3.63) is 18.2 Å². The van der Waals surface area contributed by atoms with Crippen molar-refractivity contribution in [2.24, 2.45) is 5.92 Å². The number of esters is 1. The van der Waals surface area contributed by atoms with E-state index < -0.39 is 0 Å². The molecule has 2 N–H and O–H groups in total. The molecule has 0 aromatic heterocycles. The third kappa shape index (κ3) is 4.16. The van der Waals surface area contributed by atoms with Crippen molar-refractivity contribution >= 4 is 11.7 Å². The van der Waals surface area contributed by atoms with E-state index in [1.54, 1.807) is 25.3 Å². The standard InChI is InChI=1S/C13H19NO4/c1-9(6-13(15)17-3)8-18-12-7-10(14)4-5-11(12)16-2/h4-5,7,9H,6,8,14H2,1-3H3. The molecule has 1 atom stereocenters. The highest BCUT2D eigenvalue weighted by atomic mass is 16.5. The summed E-state index contributed by atoms with van der Waals surface area (Å²) >= 11 is 0. The first-order valence-corrected chi connectivity index (χ1v) is 5.70. The van der Waals surface area contributed by atoms with E-state index in [1.807, 2.05) is 6.92 Å². The summed E-state index contributed by atoms with van der Waals surface area (Å²) in [5, 5.41) is 0. The van der Waals surface area contributed by atoms with E-state index in [0.717, 1.165) is 0 Å². The number of benzene rings is 1. The Balaban J connectivity index is 2.57. The molecule has 18 heavy (non-hydrogen) atoms. The summed E-state index contributed by atoms with van der Waals surface area (Å²) in [6, 6.07) is 5.18. The van der Waals surface area contributed by atoms with Gasteiger partial charge in [0, 0.05) is 17.7 Å². The molecule has 0 amide bonds. The lowest BCUT2D eigenvalue weighted by atomic mass is 10.1. The molecular weight excluding hydrogens is 234 g/mol. The maximum atomic E-state index is 11.1. The van der Waals surface area contributed by atoms with E-state index in [-0.39, 0.29) is 11.9 Å². The molecule has 0 fully saturated rings. The molecule has 1 aromatic rings. The third-order valence-electron chi connectivity index (χ3n) is 2.45. The maximum absolute atomic E-state index is 11.1. The Bertz CT molecular complexity index is 406. The number of anilines is 1. The van der Waals surface area contributed by atoms with Crippen molar-refractivity contribution in [2.45, 2.75) is 13.3 Å². The Morgan fingerprint density at radius 2 is 2.06 bits per heavy atom. The largest absolute Gasteiger partial charge is 0.493 e. The minimum absolute atomic E-state index is 0.0589. The molecule has 100 valence electrons. The van der Waals surface area contributed by atoms with Gasteiger partial charge in [0.1, 0.15) is 0 Å². The number of hydrogen-bond acceptors (Lipinski definition) is 5. The lowest BCUT2D eigenvalue weighted by molar-refractivity contribution is -0.141. The van der Waals surface area contributed by atoms with Crippen molar-refractivity contribution in [2.75, 3.05) is 26.6 Å². The van der Waals surface area contributed by atoms with Crippen LogP contribution in [-0.2, 0) is 9.53 Å². The smallest absolute Gasteiger partial charge is 0.305 e. The molecule has 1 aromatic carbocycles. The summed E-state index contributed by atoms with van der Waals surface area (Å²) in [4.78, 5) is 11.1. The highest BCUT2D eigenvalue weighted by molar-refractivity contribution is 5.69. The average molecular weight is 253 g/mol. The summed E-state index contributed by atoms with van der Waals surface area (Å²) in [6.07, 6.45) is 0.321. The molecule has 1 rings (SSSR count). The summed E-state index contributed by atoms with van der Waals surface area (Å²) in [7, 11) is 2.94. The lowest BCUT2D eigenvalue weighted by Gasteiger charge is -2.14. The zero-order valence-electron chi connectivity index (χ0n) is 10.9. The number of nitrogens with two attached hydrogens (primary N) is 1. The predicted molar refractivity (Wildman–Crippen MR) is 68.7 cm³/mol. The van der Waals surface area contributed by atoms with Crippen molar-refractivity contribution < 1.29 is 19.0 Å². The van der Waals surface area contributed by atoms with Crippen LogP contribution in [0.1, 0.15) is 13.3 Å². The van der Waals surface area contributed by atoms with Crippen molar-refractivity contribution in [1.29, 1.82) is 0 Å². The van der Waals surface area contributed by atoms with Gasteiger partial charge in [0.05, 0.1) is 27.2 Å². The second-order valence-electron chi connectivity index (χ2n) is 4.11. The minimum atomic E-state index is -0.245. The van der Waals surface area contributed by atoms with Crippen LogP contribution in [-0.4, -0.2) is 26.8 Å². The fourth-order valence-electron chi connectivity index (χ4n) is 1.46. The van der Waals surface area contributed by atoms with Gasteiger partial charge in [0.15, 0.2) is 11.5 Å². The van der Waals surface area contributed by atoms with Crippen molar-refractivity contribution in [1.82, 2.24) is 0 Å². The average Bonchev–Trinajstić information content (AvgIpc) is 2.36. The minimum Gasteiger partial charge on any atom is -0.493 e. The Morgan fingerprint density at radius 3 is 2.67 bits per heavy atom. The first kappa shape index (κ1) is 14.2. The fraction of sp³-hybridized carbons (Fsp3) is 0.462. The van der Waals surface area contributed by atoms with Gasteiger partial charge in [-0.15, -0.1) is 0 Å². The summed E-state index contributed by atoms with van der Waals surface area (Å²) < 4.78 is 15.4. The van der Waals surface area contributed by atoms with Gasteiger partial charge >= 0.3 is 5.97 Å². The summed E-state index contributed by atoms with van der Waals surface area (Å²) in [5.74, 6) is 1.01. The Morgan fingerprint density at radius 1 is 1.33 bits per heavy atom. The molecule has 0 aliphatic rings. The molecule has 0 bridgehead atoms. The number of ether oxygens (including phenoxy) is 3. The molecule has 0 aliphatic heterocycles. The number of carbonyl (C=O) groups excluding carboxylic acids is 1. The molecule has 0 aliphatic carbocycles. The van der Waals surface area contributed by atoms with Gasteiger partial charge < -0.3 is 19.9 Å². The first-order valence-electron chi connectivity index (χ1n) is 5.70. The number of nitrogen functional groups attached to an aromatic ring is 1. The van der Waals surface area contributed by atoms with Crippen LogP contribution in [0.15, 0.2) is 18.2 Å². The van der Waals surface area contributed by atoms with Crippen LogP contribution in [0.5, 0.6) is 11.5 Å². The van der Waals surface area contributed by atoms with E-state index in [0.29, 0.717) is 30.2 Å². The first-order chi connectivity index (χ1) is 8.56. The molecule has 5 heteroatoms. The monoisotopic (exact) mass is 253 g/mol. The highest BCUT2D eigenvalue weighted by Gasteiger charge is 2.11. The van der Waals surface area contributed by atoms with Gasteiger partial charge in [-0.25, -0.2) is 0 Å². The van der Waals surface area contributed by atoms with Crippen LogP contribution in [0.25, 0.3) is 0 Å². The molecule has 0 radical (unpaired) electrons. The second kappa shape index (κ2) is 6.74. The number of carbonyl (C=O) groups is 1. The van der Waals surface area contributed by atoms with Gasteiger partial charge in [0.2, 0.25) is 0 Å². The van der Waals surface area contributed by atoms with Crippen LogP contribution in [0.3, 0.4) is 0 Å². The quantitative estimate of drug-likeness (QED) is 0.619. The van der Waals surface area contributed by atoms with Crippen molar-refractivity contribution in [3.63, 3.8) is 0 Å². The Labute approximate surface area is 107 Å². The number of rotatable bonds is 6. The van der Waals surface area contributed by atoms with E-state index in [4.69, 9.17) is 15.2 Å². The number of methoxy groups -OCH3 is 2. The Kier molecular flexibility index (Phi) is 5.30. The molecular formula is C13H19NO4. The topological polar surface area (TPSA) is 70.8 Å². The molecule has 1 unspecified atom stereocenters. The molecule has 0 spiro atoms. The van der Waals surface area contributed by atoms with Gasteiger partial charge in [-0.2, -0.15) is 0 Å². The molecule has 0 saturated carbocycles. The zero-order valence-corrected chi connectivity index (χ0v) is 10.9. The van der Waals surface area contributed by atoms with Gasteiger partial charge in [-0.05, 0) is 12.1 Å². The summed E-state index contributed by atoms with van der Waals surface area (Å²) in [6.45, 7) is 2.31.